The third-order valence-corrected chi connectivity index (χ3v) is 5.96. The number of hydrogen-bond donors (Lipinski definition) is 2. The molecule has 24 heavy (non-hydrogen) atoms. The van der Waals surface area contributed by atoms with E-state index in [0.717, 1.165) is 30.3 Å². The summed E-state index contributed by atoms with van der Waals surface area (Å²) in [5, 5.41) is 4.91. The Morgan fingerprint density at radius 1 is 1.04 bits per heavy atom. The van der Waals surface area contributed by atoms with E-state index in [-0.39, 0.29) is 0 Å². The molecule has 0 atom stereocenters. The molecule has 0 radical (unpaired) electrons. The molecule has 3 N–H and O–H groups in total. The van der Waals surface area contributed by atoms with E-state index in [1.165, 1.54) is 37.8 Å². The Morgan fingerprint density at radius 3 is 2.79 bits per heavy atom. The van der Waals surface area contributed by atoms with E-state index in [2.05, 4.69) is 68.8 Å². The van der Waals surface area contributed by atoms with Crippen LogP contribution in [0.2, 0.25) is 0 Å². The van der Waals surface area contributed by atoms with Crippen molar-refractivity contribution in [1.82, 2.24) is 4.98 Å². The zero-order valence-electron chi connectivity index (χ0n) is 13.3. The Balaban J connectivity index is 1.91. The minimum absolute atomic E-state index is 0.753. The van der Waals surface area contributed by atoms with Gasteiger partial charge in [0.25, 0.3) is 0 Å². The van der Waals surface area contributed by atoms with Crippen LogP contribution in [0.15, 0.2) is 52.3 Å². The zero-order chi connectivity index (χ0) is 16.5. The third-order valence-electron chi connectivity index (χ3n) is 4.50. The first-order chi connectivity index (χ1) is 11.8. The molecular formula is C20H19BrN2S. The molecule has 0 saturated heterocycles. The number of aromatic amines is 1. The summed E-state index contributed by atoms with van der Waals surface area (Å²) >= 11 is 5.42. The first-order valence-corrected chi connectivity index (χ1v) is 9.92. The molecule has 122 valence electrons. The quantitative estimate of drug-likeness (QED) is 0.392. The lowest BCUT2D eigenvalue weighted by atomic mass is 10.00. The molecule has 0 fully saturated rings. The van der Waals surface area contributed by atoms with Crippen molar-refractivity contribution in [3.63, 3.8) is 0 Å². The molecule has 4 aromatic rings. The van der Waals surface area contributed by atoms with Gasteiger partial charge >= 0.3 is 0 Å². The lowest BCUT2D eigenvalue weighted by Gasteiger charge is -2.05. The van der Waals surface area contributed by atoms with Crippen molar-refractivity contribution in [3.8, 4) is 11.3 Å². The second kappa shape index (κ2) is 6.71. The predicted octanol–water partition coefficient (Wildman–Crippen LogP) is 6.09. The van der Waals surface area contributed by atoms with Crippen LogP contribution in [0.5, 0.6) is 0 Å². The normalized spacial score (nSPS) is 11.6. The molecule has 4 heteroatoms. The van der Waals surface area contributed by atoms with Crippen LogP contribution in [0.25, 0.3) is 32.2 Å². The molecule has 2 nitrogen and oxygen atoms in total. The van der Waals surface area contributed by atoms with Crippen LogP contribution in [-0.2, 0) is 6.42 Å². The maximum atomic E-state index is 5.70. The average Bonchev–Trinajstić information content (AvgIpc) is 3.16. The number of nitrogens with one attached hydrogen (secondary N) is 1. The van der Waals surface area contributed by atoms with Gasteiger partial charge < -0.3 is 10.7 Å². The van der Waals surface area contributed by atoms with Gasteiger partial charge in [-0.25, -0.2) is 0 Å². The summed E-state index contributed by atoms with van der Waals surface area (Å²) in [6.45, 7) is 0.753. The predicted molar refractivity (Wildman–Crippen MR) is 109 cm³/mol. The van der Waals surface area contributed by atoms with Gasteiger partial charge in [-0.15, -0.1) is 11.3 Å². The molecule has 2 aromatic heterocycles. The number of thiophene rings is 1. The van der Waals surface area contributed by atoms with Crippen LogP contribution in [-0.4, -0.2) is 11.5 Å². The lowest BCUT2D eigenvalue weighted by Crippen LogP contribution is -1.99. The van der Waals surface area contributed by atoms with Gasteiger partial charge in [0.05, 0.1) is 5.69 Å². The van der Waals surface area contributed by atoms with Gasteiger partial charge in [-0.1, -0.05) is 34.1 Å². The highest BCUT2D eigenvalue weighted by molar-refractivity contribution is 9.10. The van der Waals surface area contributed by atoms with E-state index in [9.17, 15) is 0 Å². The number of aromatic nitrogens is 1. The number of H-pyrrole nitrogens is 1. The van der Waals surface area contributed by atoms with Gasteiger partial charge in [0.15, 0.2) is 0 Å². The molecule has 0 aliphatic rings. The fourth-order valence-electron chi connectivity index (χ4n) is 3.33. The van der Waals surface area contributed by atoms with Crippen LogP contribution in [0.4, 0.5) is 0 Å². The summed E-state index contributed by atoms with van der Waals surface area (Å²) in [6.07, 6.45) is 3.22. The minimum atomic E-state index is 0.753. The summed E-state index contributed by atoms with van der Waals surface area (Å²) in [6, 6.07) is 15.1. The van der Waals surface area contributed by atoms with Gasteiger partial charge in [-0.2, -0.15) is 0 Å². The van der Waals surface area contributed by atoms with Crippen molar-refractivity contribution >= 4 is 48.3 Å². The number of rotatable bonds is 5. The zero-order valence-corrected chi connectivity index (χ0v) is 15.7. The van der Waals surface area contributed by atoms with E-state index >= 15 is 0 Å². The highest BCUT2D eigenvalue weighted by Gasteiger charge is 2.16. The topological polar surface area (TPSA) is 41.8 Å². The van der Waals surface area contributed by atoms with Crippen molar-refractivity contribution < 1.29 is 0 Å². The maximum absolute atomic E-state index is 5.70. The second-order valence-electron chi connectivity index (χ2n) is 6.06. The number of fused-ring (bicyclic) bond motifs is 2. The largest absolute Gasteiger partial charge is 0.354 e. The summed E-state index contributed by atoms with van der Waals surface area (Å²) in [5.74, 6) is 0. The van der Waals surface area contributed by atoms with Crippen LogP contribution in [0.3, 0.4) is 0 Å². The molecule has 0 spiro atoms. The van der Waals surface area contributed by atoms with E-state index in [1.54, 1.807) is 0 Å². The Labute approximate surface area is 153 Å². The first kappa shape index (κ1) is 15.9. The molecule has 0 saturated carbocycles. The van der Waals surface area contributed by atoms with Crippen molar-refractivity contribution in [2.45, 2.75) is 19.3 Å². The molecule has 0 aliphatic carbocycles. The van der Waals surface area contributed by atoms with E-state index < -0.39 is 0 Å². The number of nitrogens with two attached hydrogens (primary N) is 1. The minimum Gasteiger partial charge on any atom is -0.354 e. The standard InChI is InChI=1S/C20H19BrN2S/c21-13-8-9-18-16(11-13)15(6-3-4-10-22)20(23-18)17-12-24-19-7-2-1-5-14(17)19/h1-2,5,7-9,11-12,23H,3-4,6,10,22H2. The lowest BCUT2D eigenvalue weighted by molar-refractivity contribution is 0.748. The molecular weight excluding hydrogens is 380 g/mol. The molecule has 0 amide bonds. The molecule has 2 heterocycles. The van der Waals surface area contributed by atoms with E-state index in [0.29, 0.717) is 0 Å². The van der Waals surface area contributed by atoms with Crippen molar-refractivity contribution in [2.75, 3.05) is 6.54 Å². The average molecular weight is 399 g/mol. The molecule has 4 rings (SSSR count). The van der Waals surface area contributed by atoms with E-state index in [1.807, 2.05) is 11.3 Å². The van der Waals surface area contributed by atoms with Gasteiger partial charge in [0.2, 0.25) is 0 Å². The number of aryl methyl sites for hydroxylation is 1. The number of benzene rings is 2. The Morgan fingerprint density at radius 2 is 1.92 bits per heavy atom. The van der Waals surface area contributed by atoms with Gasteiger partial charge in [-0.05, 0) is 55.6 Å². The maximum Gasteiger partial charge on any atom is 0.0512 e. The van der Waals surface area contributed by atoms with Crippen molar-refractivity contribution in [1.29, 1.82) is 0 Å². The third kappa shape index (κ3) is 2.79. The van der Waals surface area contributed by atoms with Gasteiger partial charge in [0.1, 0.15) is 0 Å². The van der Waals surface area contributed by atoms with Crippen LogP contribution in [0.1, 0.15) is 18.4 Å². The Hall–Kier alpha value is -1.62. The van der Waals surface area contributed by atoms with Crippen LogP contribution < -0.4 is 5.73 Å². The summed E-state index contributed by atoms with van der Waals surface area (Å²) in [4.78, 5) is 3.67. The van der Waals surface area contributed by atoms with Crippen LogP contribution in [0, 0.1) is 0 Å². The SMILES string of the molecule is NCCCCc1c(-c2csc3ccccc23)[nH]c2ccc(Br)cc12. The summed E-state index contributed by atoms with van der Waals surface area (Å²) in [7, 11) is 0. The monoisotopic (exact) mass is 398 g/mol. The number of unbranched alkanes of at least 4 members (excludes halogenated alkanes) is 1. The number of halogens is 1. The summed E-state index contributed by atoms with van der Waals surface area (Å²) in [5.41, 5.74) is 10.9. The Bertz CT molecular complexity index is 999. The first-order valence-electron chi connectivity index (χ1n) is 8.24. The molecule has 2 aromatic carbocycles. The smallest absolute Gasteiger partial charge is 0.0512 e. The highest BCUT2D eigenvalue weighted by Crippen LogP contribution is 2.39. The van der Waals surface area contributed by atoms with Crippen molar-refractivity contribution in [2.24, 2.45) is 5.73 Å². The summed E-state index contributed by atoms with van der Waals surface area (Å²) < 4.78 is 2.45. The van der Waals surface area contributed by atoms with Gasteiger partial charge in [-0.3, -0.25) is 0 Å². The fraction of sp³-hybridized carbons (Fsp3) is 0.200. The second-order valence-corrected chi connectivity index (χ2v) is 7.89. The Kier molecular flexibility index (Phi) is 4.44. The van der Waals surface area contributed by atoms with Crippen molar-refractivity contribution in [3.05, 3.63) is 57.9 Å². The highest BCUT2D eigenvalue weighted by atomic mass is 79.9. The van der Waals surface area contributed by atoms with Crippen LogP contribution >= 0.6 is 27.3 Å². The molecule has 0 unspecified atom stereocenters. The fourth-order valence-corrected chi connectivity index (χ4v) is 4.64. The molecule has 0 aliphatic heterocycles. The number of hydrogen-bond acceptors (Lipinski definition) is 2. The van der Waals surface area contributed by atoms with E-state index in [4.69, 9.17) is 5.73 Å². The van der Waals surface area contributed by atoms with Gasteiger partial charge in [0, 0.05) is 36.4 Å². The molecule has 0 bridgehead atoms.